The molecule has 1 aromatic rings. The number of carboxylic acids is 1. The maximum absolute atomic E-state index is 12.3. The summed E-state index contributed by atoms with van der Waals surface area (Å²) in [6, 6.07) is 6.77. The Morgan fingerprint density at radius 3 is 2.57 bits per heavy atom. The zero-order valence-electron chi connectivity index (χ0n) is 12.1. The van der Waals surface area contributed by atoms with Gasteiger partial charge in [-0.05, 0) is 37.0 Å². The molecule has 5 nitrogen and oxygen atoms in total. The fraction of sp³-hybridized carbons (Fsp3) is 0.500. The molecule has 3 N–H and O–H groups in total. The molecule has 1 aromatic carbocycles. The van der Waals surface area contributed by atoms with Gasteiger partial charge in [0, 0.05) is 18.7 Å². The third-order valence-electron chi connectivity index (χ3n) is 3.97. The molecule has 1 atom stereocenters. The van der Waals surface area contributed by atoms with Gasteiger partial charge in [0.05, 0.1) is 0 Å². The lowest BCUT2D eigenvalue weighted by Gasteiger charge is -2.27. The summed E-state index contributed by atoms with van der Waals surface area (Å²) in [6.07, 6.45) is 4.26. The van der Waals surface area contributed by atoms with E-state index in [1.807, 2.05) is 24.3 Å². The van der Waals surface area contributed by atoms with E-state index in [-0.39, 0.29) is 5.91 Å². The topological polar surface area (TPSA) is 83.6 Å². The van der Waals surface area contributed by atoms with Crippen LogP contribution in [0.15, 0.2) is 24.3 Å². The quantitative estimate of drug-likeness (QED) is 0.831. The lowest BCUT2D eigenvalue weighted by molar-refractivity contribution is -0.150. The Balaban J connectivity index is 1.96. The molecule has 0 spiro atoms. The average molecular weight is 290 g/mol. The largest absolute Gasteiger partial charge is 0.480 e. The zero-order chi connectivity index (χ0) is 15.2. The number of nitrogens with zero attached hydrogens (tertiary/aromatic N) is 1. The van der Waals surface area contributed by atoms with Crippen LogP contribution in [-0.2, 0) is 16.0 Å². The zero-order valence-corrected chi connectivity index (χ0v) is 12.1. The molecular formula is C16H22N2O3. The lowest BCUT2D eigenvalue weighted by atomic mass is 10.1. The first kappa shape index (κ1) is 15.4. The first-order valence-electron chi connectivity index (χ1n) is 7.44. The number of anilines is 1. The van der Waals surface area contributed by atoms with Crippen LogP contribution in [0.25, 0.3) is 0 Å². The van der Waals surface area contributed by atoms with E-state index in [0.29, 0.717) is 31.5 Å². The van der Waals surface area contributed by atoms with E-state index in [1.54, 1.807) is 4.90 Å². The first-order chi connectivity index (χ1) is 10.1. The third kappa shape index (κ3) is 4.21. The van der Waals surface area contributed by atoms with Gasteiger partial charge in [-0.2, -0.15) is 0 Å². The summed E-state index contributed by atoms with van der Waals surface area (Å²) in [5, 5.41) is 9.29. The van der Waals surface area contributed by atoms with E-state index in [9.17, 15) is 14.7 Å². The fourth-order valence-corrected chi connectivity index (χ4v) is 2.74. The minimum atomic E-state index is -0.891. The van der Waals surface area contributed by atoms with Crippen molar-refractivity contribution >= 4 is 17.6 Å². The van der Waals surface area contributed by atoms with Crippen molar-refractivity contribution in [1.29, 1.82) is 0 Å². The number of carbonyl (C=O) groups is 2. The molecule has 1 amide bonds. The lowest BCUT2D eigenvalue weighted by Crippen LogP contribution is -2.44. The molecule has 1 fully saturated rings. The number of hydrogen-bond acceptors (Lipinski definition) is 3. The highest BCUT2D eigenvalue weighted by Gasteiger charge is 2.30. The van der Waals surface area contributed by atoms with Crippen molar-refractivity contribution in [3.05, 3.63) is 29.8 Å². The Hall–Kier alpha value is -2.04. The molecule has 1 heterocycles. The van der Waals surface area contributed by atoms with Crippen LogP contribution in [0, 0.1) is 0 Å². The minimum Gasteiger partial charge on any atom is -0.480 e. The van der Waals surface area contributed by atoms with Gasteiger partial charge in [-0.1, -0.05) is 25.0 Å². The molecule has 1 unspecified atom stereocenters. The van der Waals surface area contributed by atoms with E-state index in [2.05, 4.69) is 0 Å². The number of nitrogens with two attached hydrogens (primary N) is 1. The number of aryl methyl sites for hydroxylation is 1. The molecule has 0 aliphatic carbocycles. The number of benzene rings is 1. The molecule has 114 valence electrons. The van der Waals surface area contributed by atoms with Gasteiger partial charge in [0.25, 0.3) is 0 Å². The standard InChI is InChI=1S/C16H22N2O3/c17-13-8-5-12(6-9-13)7-10-15(19)18-11-3-1-2-4-14(18)16(20)21/h5-6,8-9,14H,1-4,7,10-11,17H2,(H,20,21). The molecule has 1 aliphatic rings. The van der Waals surface area contributed by atoms with Gasteiger partial charge in [0.1, 0.15) is 6.04 Å². The van der Waals surface area contributed by atoms with Crippen LogP contribution in [-0.4, -0.2) is 34.5 Å². The van der Waals surface area contributed by atoms with Crippen molar-refractivity contribution in [2.24, 2.45) is 0 Å². The maximum Gasteiger partial charge on any atom is 0.326 e. The van der Waals surface area contributed by atoms with E-state index < -0.39 is 12.0 Å². The van der Waals surface area contributed by atoms with Crippen LogP contribution in [0.2, 0.25) is 0 Å². The number of hydrogen-bond donors (Lipinski definition) is 2. The molecule has 0 radical (unpaired) electrons. The Bertz CT molecular complexity index is 499. The van der Waals surface area contributed by atoms with Crippen molar-refractivity contribution in [2.45, 2.75) is 44.6 Å². The van der Waals surface area contributed by atoms with Gasteiger partial charge in [-0.15, -0.1) is 0 Å². The smallest absolute Gasteiger partial charge is 0.326 e. The number of aliphatic carboxylic acids is 1. The Kier molecular flexibility index (Phi) is 5.20. The molecule has 1 aliphatic heterocycles. The van der Waals surface area contributed by atoms with E-state index in [4.69, 9.17) is 5.73 Å². The van der Waals surface area contributed by atoms with E-state index in [1.165, 1.54) is 0 Å². The molecule has 1 saturated heterocycles. The van der Waals surface area contributed by atoms with Crippen LogP contribution in [0.5, 0.6) is 0 Å². The Morgan fingerprint density at radius 2 is 1.90 bits per heavy atom. The van der Waals surface area contributed by atoms with Crippen LogP contribution >= 0.6 is 0 Å². The van der Waals surface area contributed by atoms with Gasteiger partial charge in [-0.25, -0.2) is 4.79 Å². The number of amides is 1. The predicted octanol–water partition coefficient (Wildman–Crippen LogP) is 2.06. The van der Waals surface area contributed by atoms with Gasteiger partial charge >= 0.3 is 5.97 Å². The molecular weight excluding hydrogens is 268 g/mol. The number of rotatable bonds is 4. The highest BCUT2D eigenvalue weighted by Crippen LogP contribution is 2.19. The predicted molar refractivity (Wildman–Crippen MR) is 80.8 cm³/mol. The Morgan fingerprint density at radius 1 is 1.19 bits per heavy atom. The van der Waals surface area contributed by atoms with Crippen LogP contribution in [0.3, 0.4) is 0 Å². The van der Waals surface area contributed by atoms with Gasteiger partial charge in [-0.3, -0.25) is 4.79 Å². The van der Waals surface area contributed by atoms with Crippen molar-refractivity contribution in [3.8, 4) is 0 Å². The number of carbonyl (C=O) groups excluding carboxylic acids is 1. The van der Waals surface area contributed by atoms with Crippen LogP contribution in [0.1, 0.15) is 37.7 Å². The summed E-state index contributed by atoms with van der Waals surface area (Å²) in [6.45, 7) is 0.553. The second kappa shape index (κ2) is 7.11. The minimum absolute atomic E-state index is 0.0684. The summed E-state index contributed by atoms with van der Waals surface area (Å²) < 4.78 is 0. The SMILES string of the molecule is Nc1ccc(CCC(=O)N2CCCCCC2C(=O)O)cc1. The second-order valence-electron chi connectivity index (χ2n) is 5.53. The number of nitrogen functional groups attached to an aromatic ring is 1. The van der Waals surface area contributed by atoms with Crippen molar-refractivity contribution in [3.63, 3.8) is 0 Å². The highest BCUT2D eigenvalue weighted by atomic mass is 16.4. The summed E-state index contributed by atoms with van der Waals surface area (Å²) in [5.74, 6) is -0.959. The second-order valence-corrected chi connectivity index (χ2v) is 5.53. The van der Waals surface area contributed by atoms with Crippen molar-refractivity contribution < 1.29 is 14.7 Å². The van der Waals surface area contributed by atoms with Crippen molar-refractivity contribution in [1.82, 2.24) is 4.90 Å². The van der Waals surface area contributed by atoms with Gasteiger partial charge in [0.15, 0.2) is 0 Å². The molecule has 21 heavy (non-hydrogen) atoms. The molecule has 0 saturated carbocycles. The van der Waals surface area contributed by atoms with Gasteiger partial charge in [0.2, 0.25) is 5.91 Å². The summed E-state index contributed by atoms with van der Waals surface area (Å²) in [7, 11) is 0. The number of likely N-dealkylation sites (tertiary alicyclic amines) is 1. The highest BCUT2D eigenvalue weighted by molar-refractivity contribution is 5.83. The molecule has 0 bridgehead atoms. The summed E-state index contributed by atoms with van der Waals surface area (Å²) in [5.41, 5.74) is 7.37. The average Bonchev–Trinajstić information content (AvgIpc) is 2.72. The maximum atomic E-state index is 12.3. The van der Waals surface area contributed by atoms with E-state index in [0.717, 1.165) is 24.8 Å². The molecule has 5 heteroatoms. The molecule has 0 aromatic heterocycles. The van der Waals surface area contributed by atoms with Crippen molar-refractivity contribution in [2.75, 3.05) is 12.3 Å². The summed E-state index contributed by atoms with van der Waals surface area (Å²) in [4.78, 5) is 25.2. The number of carboxylic acid groups (broad SMARTS) is 1. The van der Waals surface area contributed by atoms with Crippen LogP contribution in [0.4, 0.5) is 5.69 Å². The summed E-state index contributed by atoms with van der Waals surface area (Å²) >= 11 is 0. The monoisotopic (exact) mass is 290 g/mol. The normalized spacial score (nSPS) is 19.0. The third-order valence-corrected chi connectivity index (χ3v) is 3.97. The molecule has 2 rings (SSSR count). The van der Waals surface area contributed by atoms with Gasteiger partial charge < -0.3 is 15.7 Å². The Labute approximate surface area is 124 Å². The fourth-order valence-electron chi connectivity index (χ4n) is 2.74. The first-order valence-corrected chi connectivity index (χ1v) is 7.44. The van der Waals surface area contributed by atoms with Crippen LogP contribution < -0.4 is 5.73 Å². The van der Waals surface area contributed by atoms with E-state index >= 15 is 0 Å².